The summed E-state index contributed by atoms with van der Waals surface area (Å²) in [5.74, 6) is -0.216. The number of hydrogen-bond donors (Lipinski definition) is 1. The molecule has 1 aliphatic heterocycles. The Morgan fingerprint density at radius 3 is 2.85 bits per heavy atom. The monoisotopic (exact) mass is 464 g/mol. The Labute approximate surface area is 190 Å². The predicted molar refractivity (Wildman–Crippen MR) is 121 cm³/mol. The summed E-state index contributed by atoms with van der Waals surface area (Å²) >= 11 is 0. The van der Waals surface area contributed by atoms with E-state index in [4.69, 9.17) is 4.42 Å². The van der Waals surface area contributed by atoms with Gasteiger partial charge in [-0.15, -0.1) is 0 Å². The number of hydrogen-bond acceptors (Lipinski definition) is 8. The maximum absolute atomic E-state index is 13.1. The number of esters is 1. The van der Waals surface area contributed by atoms with Crippen molar-refractivity contribution in [3.8, 4) is 0 Å². The van der Waals surface area contributed by atoms with Gasteiger partial charge in [0, 0.05) is 30.2 Å². The summed E-state index contributed by atoms with van der Waals surface area (Å²) in [6.45, 7) is 0.416. The zero-order chi connectivity index (χ0) is 23.0. The van der Waals surface area contributed by atoms with Crippen LogP contribution in [0.3, 0.4) is 0 Å². The third kappa shape index (κ3) is 3.94. The zero-order valence-corrected chi connectivity index (χ0v) is 18.5. The van der Waals surface area contributed by atoms with Crippen molar-refractivity contribution in [2.75, 3.05) is 19.0 Å². The molecule has 4 heterocycles. The van der Waals surface area contributed by atoms with Crippen LogP contribution in [-0.2, 0) is 27.7 Å². The highest BCUT2D eigenvalue weighted by atomic mass is 32.2. The van der Waals surface area contributed by atoms with Crippen molar-refractivity contribution in [2.45, 2.75) is 18.1 Å². The number of fused-ring (bicyclic) bond motifs is 2. The van der Waals surface area contributed by atoms with Gasteiger partial charge in [0.05, 0.1) is 24.5 Å². The van der Waals surface area contributed by atoms with Gasteiger partial charge < -0.3 is 14.5 Å². The third-order valence-electron chi connectivity index (χ3n) is 5.53. The van der Waals surface area contributed by atoms with E-state index in [1.165, 1.54) is 23.5 Å². The molecule has 0 atom stereocenters. The molecule has 9 nitrogen and oxygen atoms in total. The second kappa shape index (κ2) is 8.30. The van der Waals surface area contributed by atoms with Gasteiger partial charge in [-0.2, -0.15) is 4.31 Å². The number of anilines is 2. The minimum Gasteiger partial charge on any atom is -0.463 e. The molecule has 0 unspecified atom stereocenters. The van der Waals surface area contributed by atoms with E-state index in [2.05, 4.69) is 20.0 Å². The van der Waals surface area contributed by atoms with Crippen LogP contribution >= 0.6 is 0 Å². The second-order valence-electron chi connectivity index (χ2n) is 7.54. The molecule has 0 fully saturated rings. The van der Waals surface area contributed by atoms with E-state index in [0.29, 0.717) is 12.2 Å². The Morgan fingerprint density at radius 1 is 1.15 bits per heavy atom. The lowest BCUT2D eigenvalue weighted by molar-refractivity contribution is 0.0558. The number of ether oxygens (including phenoxy) is 1. The number of carbonyl (C=O) groups excluding carboxylic acids is 1. The minimum absolute atomic E-state index is 0.159. The summed E-state index contributed by atoms with van der Waals surface area (Å²) in [4.78, 5) is 20.5. The average molecular weight is 465 g/mol. The summed E-state index contributed by atoms with van der Waals surface area (Å²) in [5.41, 5.74) is 3.50. The molecule has 5 rings (SSSR count). The highest BCUT2D eigenvalue weighted by Gasteiger charge is 2.32. The Hall–Kier alpha value is -3.76. The Morgan fingerprint density at radius 2 is 2.00 bits per heavy atom. The zero-order valence-electron chi connectivity index (χ0n) is 17.7. The normalized spacial score (nSPS) is 14.1. The van der Waals surface area contributed by atoms with Gasteiger partial charge in [-0.3, -0.25) is 4.98 Å². The molecular formula is C23H20N4O5S. The van der Waals surface area contributed by atoms with Crippen molar-refractivity contribution in [3.63, 3.8) is 0 Å². The van der Waals surface area contributed by atoms with Crippen LogP contribution in [0.5, 0.6) is 0 Å². The van der Waals surface area contributed by atoms with E-state index in [0.717, 1.165) is 27.7 Å². The molecule has 0 amide bonds. The summed E-state index contributed by atoms with van der Waals surface area (Å²) in [6, 6.07) is 14.2. The van der Waals surface area contributed by atoms with Gasteiger partial charge in [-0.05, 0) is 42.3 Å². The van der Waals surface area contributed by atoms with Gasteiger partial charge in [0.1, 0.15) is 5.82 Å². The van der Waals surface area contributed by atoms with Gasteiger partial charge in [0.25, 0.3) is 10.0 Å². The predicted octanol–water partition coefficient (Wildman–Crippen LogP) is 3.50. The molecule has 10 heteroatoms. The van der Waals surface area contributed by atoms with Crippen molar-refractivity contribution in [1.29, 1.82) is 0 Å². The standard InChI is InChI=1S/C23H20N4O5S/c1-31-23(28)20-6-7-21(32-20)33(29,30)27-11-9-18-16(14-27)8-10-24-22(18)26-17-12-15-4-2-3-5-19(15)25-13-17/h2-8,10,12-13H,9,11,14H2,1H3,(H,24,26). The topological polar surface area (TPSA) is 115 Å². The van der Waals surface area contributed by atoms with Crippen LogP contribution in [0.4, 0.5) is 11.5 Å². The van der Waals surface area contributed by atoms with Crippen molar-refractivity contribution in [1.82, 2.24) is 14.3 Å². The molecule has 168 valence electrons. The Kier molecular flexibility index (Phi) is 5.31. The molecule has 0 bridgehead atoms. The summed E-state index contributed by atoms with van der Waals surface area (Å²) < 4.78 is 37.3. The molecule has 0 saturated heterocycles. The second-order valence-corrected chi connectivity index (χ2v) is 9.41. The number of nitrogens with one attached hydrogen (secondary N) is 1. The van der Waals surface area contributed by atoms with E-state index in [1.54, 1.807) is 12.4 Å². The number of aromatic nitrogens is 2. The SMILES string of the molecule is COC(=O)c1ccc(S(=O)(=O)N2CCc3c(ccnc3Nc3cnc4ccccc4c3)C2)o1. The number of para-hydroxylation sites is 1. The Bertz CT molecular complexity index is 1460. The number of benzene rings is 1. The van der Waals surface area contributed by atoms with Crippen LogP contribution < -0.4 is 5.32 Å². The molecule has 0 aliphatic carbocycles. The van der Waals surface area contributed by atoms with Gasteiger partial charge in [-0.1, -0.05) is 18.2 Å². The van der Waals surface area contributed by atoms with Gasteiger partial charge in [0.2, 0.25) is 10.9 Å². The highest BCUT2D eigenvalue weighted by molar-refractivity contribution is 7.89. The number of methoxy groups -OCH3 is 1. The van der Waals surface area contributed by atoms with E-state index in [9.17, 15) is 13.2 Å². The molecule has 33 heavy (non-hydrogen) atoms. The fourth-order valence-corrected chi connectivity index (χ4v) is 5.18. The molecule has 1 aromatic carbocycles. The average Bonchev–Trinajstić information content (AvgIpc) is 3.35. The minimum atomic E-state index is -3.91. The van der Waals surface area contributed by atoms with Crippen LogP contribution in [0.25, 0.3) is 10.9 Å². The van der Waals surface area contributed by atoms with Crippen LogP contribution in [0.15, 0.2) is 70.4 Å². The van der Waals surface area contributed by atoms with Crippen LogP contribution in [0.1, 0.15) is 21.7 Å². The molecule has 4 aromatic rings. The molecule has 1 N–H and O–H groups in total. The van der Waals surface area contributed by atoms with Crippen molar-refractivity contribution in [2.24, 2.45) is 0 Å². The van der Waals surface area contributed by atoms with Crippen LogP contribution in [0.2, 0.25) is 0 Å². The lowest BCUT2D eigenvalue weighted by Crippen LogP contribution is -2.36. The van der Waals surface area contributed by atoms with Crippen LogP contribution in [-0.4, -0.2) is 42.3 Å². The molecule has 1 aliphatic rings. The summed E-state index contributed by atoms with van der Waals surface area (Å²) in [5, 5.41) is 4.04. The molecule has 3 aromatic heterocycles. The Balaban J connectivity index is 1.39. The van der Waals surface area contributed by atoms with Gasteiger partial charge >= 0.3 is 5.97 Å². The fraction of sp³-hybridized carbons (Fsp3) is 0.174. The maximum Gasteiger partial charge on any atom is 0.374 e. The van der Waals surface area contributed by atoms with Crippen molar-refractivity contribution in [3.05, 3.63) is 77.8 Å². The van der Waals surface area contributed by atoms with Crippen LogP contribution in [0, 0.1) is 0 Å². The number of carbonyl (C=O) groups is 1. The molecule has 0 saturated carbocycles. The number of pyridine rings is 2. The number of furan rings is 1. The first-order chi connectivity index (χ1) is 16.0. The highest BCUT2D eigenvalue weighted by Crippen LogP contribution is 2.30. The number of sulfonamides is 1. The van der Waals surface area contributed by atoms with E-state index < -0.39 is 16.0 Å². The number of nitrogens with zero attached hydrogens (tertiary/aromatic N) is 3. The van der Waals surface area contributed by atoms with Gasteiger partial charge in [0.15, 0.2) is 0 Å². The van der Waals surface area contributed by atoms with Crippen molar-refractivity contribution < 1.29 is 22.4 Å². The first-order valence-electron chi connectivity index (χ1n) is 10.2. The molecular weight excluding hydrogens is 444 g/mol. The van der Waals surface area contributed by atoms with E-state index in [1.807, 2.05) is 36.4 Å². The summed E-state index contributed by atoms with van der Waals surface area (Å²) in [7, 11) is -2.71. The maximum atomic E-state index is 13.1. The smallest absolute Gasteiger partial charge is 0.374 e. The first kappa shape index (κ1) is 21.1. The third-order valence-corrected chi connectivity index (χ3v) is 7.25. The quantitative estimate of drug-likeness (QED) is 0.446. The van der Waals surface area contributed by atoms with Crippen molar-refractivity contribution >= 4 is 38.4 Å². The largest absolute Gasteiger partial charge is 0.463 e. The molecule has 0 spiro atoms. The van der Waals surface area contributed by atoms with E-state index >= 15 is 0 Å². The van der Waals surface area contributed by atoms with Gasteiger partial charge in [-0.25, -0.2) is 18.2 Å². The summed E-state index contributed by atoms with van der Waals surface area (Å²) in [6.07, 6.45) is 3.86. The first-order valence-corrected chi connectivity index (χ1v) is 11.7. The fourth-order valence-electron chi connectivity index (χ4n) is 3.85. The lowest BCUT2D eigenvalue weighted by atomic mass is 10.0. The lowest BCUT2D eigenvalue weighted by Gasteiger charge is -2.28. The van der Waals surface area contributed by atoms with E-state index in [-0.39, 0.29) is 23.9 Å². The number of rotatable bonds is 5. The molecule has 0 radical (unpaired) electrons.